The molecule has 1 aliphatic rings. The summed E-state index contributed by atoms with van der Waals surface area (Å²) in [6.45, 7) is 1.71. The molecule has 0 aromatic heterocycles. The van der Waals surface area contributed by atoms with E-state index in [0.717, 1.165) is 12.8 Å². The summed E-state index contributed by atoms with van der Waals surface area (Å²) in [5.41, 5.74) is -0.611. The first kappa shape index (κ1) is 13.6. The Morgan fingerprint density at radius 1 is 1.32 bits per heavy atom. The maximum atomic E-state index is 12.2. The average molecular weight is 262 g/mol. The Hall–Kier alpha value is -1.81. The van der Waals surface area contributed by atoms with E-state index in [4.69, 9.17) is 0 Å². The van der Waals surface area contributed by atoms with E-state index >= 15 is 0 Å². The van der Waals surface area contributed by atoms with E-state index < -0.39 is 11.4 Å². The SMILES string of the molecule is Cc1cc(O)c(C(=O)CC2(O)C=CCCC2)c(O)c1. The Kier molecular flexibility index (Phi) is 3.62. The highest BCUT2D eigenvalue weighted by molar-refractivity contribution is 6.01. The van der Waals surface area contributed by atoms with Crippen LogP contribution in [0.3, 0.4) is 0 Å². The predicted molar refractivity (Wildman–Crippen MR) is 71.4 cm³/mol. The second-order valence-electron chi connectivity index (χ2n) is 5.18. The Balaban J connectivity index is 2.25. The van der Waals surface area contributed by atoms with Gasteiger partial charge in [-0.15, -0.1) is 0 Å². The number of benzene rings is 1. The number of hydrogen-bond donors (Lipinski definition) is 3. The van der Waals surface area contributed by atoms with Crippen molar-refractivity contribution in [3.05, 3.63) is 35.4 Å². The van der Waals surface area contributed by atoms with Crippen LogP contribution in [0.5, 0.6) is 11.5 Å². The molecular formula is C15H18O4. The number of aliphatic hydroxyl groups is 1. The number of aryl methyl sites for hydroxylation is 1. The van der Waals surface area contributed by atoms with Crippen molar-refractivity contribution in [1.82, 2.24) is 0 Å². The van der Waals surface area contributed by atoms with Gasteiger partial charge in [-0.2, -0.15) is 0 Å². The van der Waals surface area contributed by atoms with Gasteiger partial charge in [0.25, 0.3) is 0 Å². The number of hydrogen-bond acceptors (Lipinski definition) is 4. The van der Waals surface area contributed by atoms with E-state index in [1.54, 1.807) is 13.0 Å². The molecule has 1 aliphatic carbocycles. The molecule has 0 amide bonds. The number of phenols is 2. The van der Waals surface area contributed by atoms with Gasteiger partial charge in [0, 0.05) is 6.42 Å². The highest BCUT2D eigenvalue weighted by Crippen LogP contribution is 2.33. The van der Waals surface area contributed by atoms with E-state index in [1.807, 2.05) is 6.08 Å². The molecule has 1 aromatic rings. The molecule has 0 saturated heterocycles. The third-order valence-corrected chi connectivity index (χ3v) is 3.40. The Morgan fingerprint density at radius 2 is 1.95 bits per heavy atom. The lowest BCUT2D eigenvalue weighted by Gasteiger charge is -2.26. The lowest BCUT2D eigenvalue weighted by Crippen LogP contribution is -2.31. The van der Waals surface area contributed by atoms with Gasteiger partial charge in [0.05, 0.1) is 5.60 Å². The zero-order valence-corrected chi connectivity index (χ0v) is 10.9. The van der Waals surface area contributed by atoms with Crippen LogP contribution in [0.15, 0.2) is 24.3 Å². The fourth-order valence-corrected chi connectivity index (χ4v) is 2.46. The highest BCUT2D eigenvalue weighted by Gasteiger charge is 2.30. The molecule has 0 saturated carbocycles. The third kappa shape index (κ3) is 2.96. The molecule has 0 aliphatic heterocycles. The number of ketones is 1. The minimum Gasteiger partial charge on any atom is -0.507 e. The summed E-state index contributed by atoms with van der Waals surface area (Å²) in [6.07, 6.45) is 5.60. The van der Waals surface area contributed by atoms with Gasteiger partial charge in [-0.1, -0.05) is 12.2 Å². The Bertz CT molecular complexity index is 510. The van der Waals surface area contributed by atoms with Gasteiger partial charge in [-0.25, -0.2) is 0 Å². The topological polar surface area (TPSA) is 77.8 Å². The van der Waals surface area contributed by atoms with Gasteiger partial charge in [0.15, 0.2) is 5.78 Å². The van der Waals surface area contributed by atoms with Crippen LogP contribution in [-0.2, 0) is 0 Å². The van der Waals surface area contributed by atoms with Crippen molar-refractivity contribution in [3.8, 4) is 11.5 Å². The fourth-order valence-electron chi connectivity index (χ4n) is 2.46. The number of carbonyl (C=O) groups is 1. The number of Topliss-reactive ketones (excluding diaryl/α,β-unsaturated/α-hetero) is 1. The van der Waals surface area contributed by atoms with E-state index in [-0.39, 0.29) is 23.5 Å². The summed E-state index contributed by atoms with van der Waals surface area (Å²) < 4.78 is 0. The molecule has 19 heavy (non-hydrogen) atoms. The smallest absolute Gasteiger partial charge is 0.173 e. The summed E-state index contributed by atoms with van der Waals surface area (Å²) in [7, 11) is 0. The largest absolute Gasteiger partial charge is 0.507 e. The van der Waals surface area contributed by atoms with Gasteiger partial charge in [0.1, 0.15) is 17.1 Å². The maximum absolute atomic E-state index is 12.2. The van der Waals surface area contributed by atoms with Crippen LogP contribution in [0, 0.1) is 6.92 Å². The van der Waals surface area contributed by atoms with Crippen LogP contribution in [0.25, 0.3) is 0 Å². The number of rotatable bonds is 3. The first-order valence-corrected chi connectivity index (χ1v) is 6.37. The minimum atomic E-state index is -1.17. The fraction of sp³-hybridized carbons (Fsp3) is 0.400. The normalized spacial score (nSPS) is 22.4. The van der Waals surface area contributed by atoms with Crippen molar-refractivity contribution < 1.29 is 20.1 Å². The quantitative estimate of drug-likeness (QED) is 0.577. The van der Waals surface area contributed by atoms with Gasteiger partial charge in [-0.3, -0.25) is 4.79 Å². The first-order valence-electron chi connectivity index (χ1n) is 6.37. The minimum absolute atomic E-state index is 0.113. The summed E-state index contributed by atoms with van der Waals surface area (Å²) in [6, 6.07) is 2.85. The molecule has 102 valence electrons. The van der Waals surface area contributed by atoms with Crippen molar-refractivity contribution >= 4 is 5.78 Å². The van der Waals surface area contributed by atoms with Crippen LogP contribution in [0.1, 0.15) is 41.6 Å². The molecule has 1 aromatic carbocycles. The zero-order chi connectivity index (χ0) is 14.0. The molecule has 4 heteroatoms. The van der Waals surface area contributed by atoms with Crippen molar-refractivity contribution in [2.24, 2.45) is 0 Å². The Morgan fingerprint density at radius 3 is 2.47 bits per heavy atom. The van der Waals surface area contributed by atoms with Crippen LogP contribution in [-0.4, -0.2) is 26.7 Å². The number of aromatic hydroxyl groups is 2. The van der Waals surface area contributed by atoms with Crippen LogP contribution in [0.4, 0.5) is 0 Å². The molecule has 3 N–H and O–H groups in total. The van der Waals surface area contributed by atoms with Crippen molar-refractivity contribution in [2.45, 2.75) is 38.2 Å². The second kappa shape index (κ2) is 5.05. The average Bonchev–Trinajstić information content (AvgIpc) is 2.27. The van der Waals surface area contributed by atoms with Crippen molar-refractivity contribution in [3.63, 3.8) is 0 Å². The van der Waals surface area contributed by atoms with Gasteiger partial charge >= 0.3 is 0 Å². The van der Waals surface area contributed by atoms with Crippen LogP contribution in [0.2, 0.25) is 0 Å². The summed E-state index contributed by atoms with van der Waals surface area (Å²) in [4.78, 5) is 12.2. The maximum Gasteiger partial charge on any atom is 0.173 e. The summed E-state index contributed by atoms with van der Waals surface area (Å²) in [5.74, 6) is -0.944. The number of phenolic OH excluding ortho intramolecular Hbond substituents is 2. The van der Waals surface area contributed by atoms with E-state index in [2.05, 4.69) is 0 Å². The molecule has 4 nitrogen and oxygen atoms in total. The van der Waals surface area contributed by atoms with Gasteiger partial charge < -0.3 is 15.3 Å². The number of carbonyl (C=O) groups excluding carboxylic acids is 1. The van der Waals surface area contributed by atoms with Crippen molar-refractivity contribution in [2.75, 3.05) is 0 Å². The van der Waals surface area contributed by atoms with Crippen LogP contribution >= 0.6 is 0 Å². The summed E-state index contributed by atoms with van der Waals surface area (Å²) >= 11 is 0. The van der Waals surface area contributed by atoms with Gasteiger partial charge in [-0.05, 0) is 43.9 Å². The third-order valence-electron chi connectivity index (χ3n) is 3.40. The van der Waals surface area contributed by atoms with E-state index in [9.17, 15) is 20.1 Å². The lowest BCUT2D eigenvalue weighted by atomic mass is 9.85. The molecule has 1 unspecified atom stereocenters. The second-order valence-corrected chi connectivity index (χ2v) is 5.18. The molecule has 0 fully saturated rings. The highest BCUT2D eigenvalue weighted by atomic mass is 16.3. The summed E-state index contributed by atoms with van der Waals surface area (Å²) in [5, 5.41) is 29.8. The molecule has 0 bridgehead atoms. The van der Waals surface area contributed by atoms with Crippen molar-refractivity contribution in [1.29, 1.82) is 0 Å². The monoisotopic (exact) mass is 262 g/mol. The van der Waals surface area contributed by atoms with E-state index in [1.165, 1.54) is 12.1 Å². The molecule has 1 atom stereocenters. The zero-order valence-electron chi connectivity index (χ0n) is 10.9. The number of allylic oxidation sites excluding steroid dienone is 1. The molecular weight excluding hydrogens is 244 g/mol. The standard InChI is InChI=1S/C15H18O4/c1-10-7-11(16)14(12(17)8-10)13(18)9-15(19)5-3-2-4-6-15/h3,5,7-8,16-17,19H,2,4,6,9H2,1H3. The Labute approximate surface area is 112 Å². The van der Waals surface area contributed by atoms with E-state index in [0.29, 0.717) is 12.0 Å². The predicted octanol–water partition coefficient (Wildman–Crippen LogP) is 2.45. The van der Waals surface area contributed by atoms with Crippen LogP contribution < -0.4 is 0 Å². The molecule has 0 heterocycles. The molecule has 0 radical (unpaired) electrons. The first-order chi connectivity index (χ1) is 8.91. The lowest BCUT2D eigenvalue weighted by molar-refractivity contribution is 0.0554. The van der Waals surface area contributed by atoms with Gasteiger partial charge in [0.2, 0.25) is 0 Å². The molecule has 0 spiro atoms. The molecule has 2 rings (SSSR count).